The summed E-state index contributed by atoms with van der Waals surface area (Å²) in [5.41, 5.74) is 2.15. The predicted molar refractivity (Wildman–Crippen MR) is 129 cm³/mol. The number of nitrogens with zero attached hydrogens (tertiary/aromatic N) is 1. The van der Waals surface area contributed by atoms with Gasteiger partial charge < -0.3 is 20.3 Å². The van der Waals surface area contributed by atoms with E-state index in [1.807, 2.05) is 53.4 Å². The molecule has 2 aliphatic heterocycles. The lowest BCUT2D eigenvalue weighted by Crippen LogP contribution is -2.53. The van der Waals surface area contributed by atoms with Gasteiger partial charge in [-0.05, 0) is 49.1 Å². The number of carbonyl (C=O) groups excluding carboxylic acids is 2. The number of hydrogen-bond donors (Lipinski definition) is 2. The lowest BCUT2D eigenvalue weighted by molar-refractivity contribution is -0.134. The van der Waals surface area contributed by atoms with E-state index in [9.17, 15) is 9.59 Å². The van der Waals surface area contributed by atoms with Crippen LogP contribution in [0.25, 0.3) is 0 Å². The maximum absolute atomic E-state index is 12.6. The number of benzene rings is 2. The molecule has 0 radical (unpaired) electrons. The van der Waals surface area contributed by atoms with Gasteiger partial charge in [0.1, 0.15) is 0 Å². The van der Waals surface area contributed by atoms with E-state index >= 15 is 0 Å². The molecule has 1 spiro atoms. The number of piperidine rings is 1. The minimum absolute atomic E-state index is 0.00781. The maximum atomic E-state index is 12.6. The largest absolute Gasteiger partial charge is 0.375 e. The van der Waals surface area contributed by atoms with E-state index in [0.29, 0.717) is 45.1 Å². The molecule has 2 aromatic rings. The zero-order chi connectivity index (χ0) is 22.9. The van der Waals surface area contributed by atoms with Crippen molar-refractivity contribution >= 4 is 11.9 Å². The molecule has 33 heavy (non-hydrogen) atoms. The third kappa shape index (κ3) is 6.81. The molecule has 0 aliphatic carbocycles. The predicted octanol–water partition coefficient (Wildman–Crippen LogP) is 3.91. The van der Waals surface area contributed by atoms with E-state index in [0.717, 1.165) is 37.7 Å². The average Bonchev–Trinajstić information content (AvgIpc) is 2.84. The highest BCUT2D eigenvalue weighted by atomic mass is 16.5. The summed E-state index contributed by atoms with van der Waals surface area (Å²) in [7, 11) is 0. The number of hydrogen-bond acceptors (Lipinski definition) is 3. The van der Waals surface area contributed by atoms with Crippen LogP contribution in [0.4, 0.5) is 4.79 Å². The Bertz CT molecular complexity index is 895. The zero-order valence-electron chi connectivity index (χ0n) is 19.3. The summed E-state index contributed by atoms with van der Waals surface area (Å²) < 4.78 is 6.22. The number of urea groups is 1. The van der Waals surface area contributed by atoms with Gasteiger partial charge in [-0.1, -0.05) is 60.7 Å². The zero-order valence-corrected chi connectivity index (χ0v) is 19.3. The van der Waals surface area contributed by atoms with Crippen molar-refractivity contribution in [3.8, 4) is 0 Å². The molecular formula is C27H35N3O3. The summed E-state index contributed by atoms with van der Waals surface area (Å²) in [6, 6.07) is 20.2. The molecule has 2 aromatic carbocycles. The van der Waals surface area contributed by atoms with Gasteiger partial charge in [0.2, 0.25) is 5.91 Å². The van der Waals surface area contributed by atoms with E-state index in [4.69, 9.17) is 4.74 Å². The standard InChI is InChI=1S/C27H35N3O3/c31-25(29-21-23-9-5-2-6-10-23)19-24-12-18-33-27(20-24)13-16-30(17-14-27)26(32)28-15-11-22-7-3-1-4-8-22/h1-10,24H,11-21H2,(H,28,32)(H,29,31). The minimum Gasteiger partial charge on any atom is -0.375 e. The third-order valence-corrected chi connectivity index (χ3v) is 6.90. The van der Waals surface area contributed by atoms with Gasteiger partial charge in [0.25, 0.3) is 0 Å². The Kier molecular flexibility index (Phi) is 8.00. The van der Waals surface area contributed by atoms with Crippen LogP contribution in [-0.4, -0.2) is 48.7 Å². The van der Waals surface area contributed by atoms with Crippen LogP contribution in [0.2, 0.25) is 0 Å². The van der Waals surface area contributed by atoms with E-state index in [1.54, 1.807) is 0 Å². The van der Waals surface area contributed by atoms with Gasteiger partial charge in [-0.15, -0.1) is 0 Å². The molecule has 1 unspecified atom stereocenters. The molecule has 6 heteroatoms. The molecule has 6 nitrogen and oxygen atoms in total. The third-order valence-electron chi connectivity index (χ3n) is 6.90. The molecule has 2 saturated heterocycles. The van der Waals surface area contributed by atoms with E-state index in [1.165, 1.54) is 5.56 Å². The Labute approximate surface area is 196 Å². The minimum atomic E-state index is -0.191. The molecule has 0 aromatic heterocycles. The fourth-order valence-electron chi connectivity index (χ4n) is 4.97. The molecular weight excluding hydrogens is 414 g/mol. The first-order chi connectivity index (χ1) is 16.1. The van der Waals surface area contributed by atoms with Crippen LogP contribution in [0.3, 0.4) is 0 Å². The van der Waals surface area contributed by atoms with Gasteiger partial charge >= 0.3 is 6.03 Å². The smallest absolute Gasteiger partial charge is 0.317 e. The number of nitrogens with one attached hydrogen (secondary N) is 2. The highest BCUT2D eigenvalue weighted by Gasteiger charge is 2.41. The first-order valence-corrected chi connectivity index (χ1v) is 12.1. The van der Waals surface area contributed by atoms with E-state index < -0.39 is 0 Å². The molecule has 3 amide bonds. The second kappa shape index (κ2) is 11.3. The summed E-state index contributed by atoms with van der Waals surface area (Å²) >= 11 is 0. The van der Waals surface area contributed by atoms with Gasteiger partial charge in [0.15, 0.2) is 0 Å². The van der Waals surface area contributed by atoms with Crippen molar-refractivity contribution in [2.24, 2.45) is 5.92 Å². The van der Waals surface area contributed by atoms with Crippen LogP contribution < -0.4 is 10.6 Å². The molecule has 4 rings (SSSR count). The average molecular weight is 450 g/mol. The van der Waals surface area contributed by atoms with Gasteiger partial charge in [-0.3, -0.25) is 4.79 Å². The highest BCUT2D eigenvalue weighted by Crippen LogP contribution is 2.38. The van der Waals surface area contributed by atoms with Crippen molar-refractivity contribution in [1.29, 1.82) is 0 Å². The molecule has 0 bridgehead atoms. The Morgan fingerprint density at radius 2 is 1.61 bits per heavy atom. The van der Waals surface area contributed by atoms with Crippen molar-refractivity contribution in [3.05, 3.63) is 71.8 Å². The summed E-state index contributed by atoms with van der Waals surface area (Å²) in [6.45, 7) is 3.30. The summed E-state index contributed by atoms with van der Waals surface area (Å²) in [4.78, 5) is 27.0. The SMILES string of the molecule is O=C(CC1CCOC2(CCN(C(=O)NCCc3ccccc3)CC2)C1)NCc1ccccc1. The fraction of sp³-hybridized carbons (Fsp3) is 0.481. The van der Waals surface area contributed by atoms with Crippen LogP contribution in [0.5, 0.6) is 0 Å². The van der Waals surface area contributed by atoms with E-state index in [2.05, 4.69) is 22.8 Å². The quantitative estimate of drug-likeness (QED) is 0.673. The topological polar surface area (TPSA) is 70.7 Å². The number of amides is 3. The monoisotopic (exact) mass is 449 g/mol. The Morgan fingerprint density at radius 3 is 2.30 bits per heavy atom. The lowest BCUT2D eigenvalue weighted by atomic mass is 9.78. The molecule has 2 heterocycles. The fourth-order valence-corrected chi connectivity index (χ4v) is 4.97. The lowest BCUT2D eigenvalue weighted by Gasteiger charge is -2.46. The Hall–Kier alpha value is -2.86. The Morgan fingerprint density at radius 1 is 0.939 bits per heavy atom. The van der Waals surface area contributed by atoms with Crippen molar-refractivity contribution < 1.29 is 14.3 Å². The van der Waals surface area contributed by atoms with E-state index in [-0.39, 0.29) is 17.5 Å². The normalized spacial score (nSPS) is 19.8. The number of ether oxygens (including phenoxy) is 1. The van der Waals surface area contributed by atoms with Crippen LogP contribution in [0.1, 0.15) is 43.2 Å². The second-order valence-corrected chi connectivity index (χ2v) is 9.31. The number of likely N-dealkylation sites (tertiary alicyclic amines) is 1. The Balaban J connectivity index is 1.18. The van der Waals surface area contributed by atoms with Crippen LogP contribution in [0.15, 0.2) is 60.7 Å². The van der Waals surface area contributed by atoms with Crippen molar-refractivity contribution in [2.75, 3.05) is 26.2 Å². The van der Waals surface area contributed by atoms with Gasteiger partial charge in [0, 0.05) is 39.2 Å². The van der Waals surface area contributed by atoms with Gasteiger partial charge in [-0.2, -0.15) is 0 Å². The number of carbonyl (C=O) groups is 2. The summed E-state index contributed by atoms with van der Waals surface area (Å²) in [5.74, 6) is 0.442. The number of rotatable bonds is 7. The van der Waals surface area contributed by atoms with Gasteiger partial charge in [0.05, 0.1) is 5.60 Å². The van der Waals surface area contributed by atoms with Crippen LogP contribution >= 0.6 is 0 Å². The second-order valence-electron chi connectivity index (χ2n) is 9.31. The molecule has 2 aliphatic rings. The molecule has 2 fully saturated rings. The first kappa shape index (κ1) is 23.3. The first-order valence-electron chi connectivity index (χ1n) is 12.1. The summed E-state index contributed by atoms with van der Waals surface area (Å²) in [6.07, 6.45) is 4.87. The van der Waals surface area contributed by atoms with Gasteiger partial charge in [-0.25, -0.2) is 4.79 Å². The maximum Gasteiger partial charge on any atom is 0.317 e. The van der Waals surface area contributed by atoms with Crippen LogP contribution in [0, 0.1) is 5.92 Å². The summed E-state index contributed by atoms with van der Waals surface area (Å²) in [5, 5.41) is 6.10. The van der Waals surface area contributed by atoms with Crippen molar-refractivity contribution in [3.63, 3.8) is 0 Å². The molecule has 176 valence electrons. The van der Waals surface area contributed by atoms with Crippen LogP contribution in [-0.2, 0) is 22.5 Å². The highest BCUT2D eigenvalue weighted by molar-refractivity contribution is 5.76. The molecule has 2 N–H and O–H groups in total. The molecule has 0 saturated carbocycles. The van der Waals surface area contributed by atoms with Crippen molar-refractivity contribution in [1.82, 2.24) is 15.5 Å². The molecule has 1 atom stereocenters. The van der Waals surface area contributed by atoms with Crippen molar-refractivity contribution in [2.45, 2.75) is 50.7 Å².